The van der Waals surface area contributed by atoms with Crippen molar-refractivity contribution >= 4 is 59.4 Å². The summed E-state index contributed by atoms with van der Waals surface area (Å²) < 4.78 is 30.9. The average molecular weight is 742 g/mol. The fourth-order valence-corrected chi connectivity index (χ4v) is 6.64. The number of hydrogen-bond acceptors (Lipinski definition) is 4. The lowest BCUT2D eigenvalue weighted by Gasteiger charge is -2.34. The number of carbonyl (C=O) groups is 2. The van der Waals surface area contributed by atoms with Crippen LogP contribution in [0.4, 0.5) is 5.69 Å². The van der Waals surface area contributed by atoms with Crippen molar-refractivity contribution in [1.29, 1.82) is 0 Å². The molecule has 4 aromatic rings. The van der Waals surface area contributed by atoms with E-state index in [1.807, 2.05) is 75.4 Å². The summed E-state index contributed by atoms with van der Waals surface area (Å²) >= 11 is 6.86. The van der Waals surface area contributed by atoms with E-state index in [-0.39, 0.29) is 29.8 Å². The minimum atomic E-state index is -4.15. The number of anilines is 1. The Hall–Kier alpha value is -3.47. The van der Waals surface area contributed by atoms with Gasteiger partial charge in [0, 0.05) is 28.0 Å². The lowest BCUT2D eigenvalue weighted by atomic mass is 10.0. The predicted molar refractivity (Wildman–Crippen MR) is 182 cm³/mol. The second kappa shape index (κ2) is 15.0. The van der Waals surface area contributed by atoms with Gasteiger partial charge in [0.25, 0.3) is 10.0 Å². The van der Waals surface area contributed by atoms with Gasteiger partial charge in [0.2, 0.25) is 11.8 Å². The van der Waals surface area contributed by atoms with E-state index >= 15 is 0 Å². The first-order valence-electron chi connectivity index (χ1n) is 14.2. The van der Waals surface area contributed by atoms with Gasteiger partial charge in [-0.15, -0.1) is 0 Å². The molecule has 0 saturated heterocycles. The summed E-state index contributed by atoms with van der Waals surface area (Å²) in [5, 5.41) is 2.97. The Morgan fingerprint density at radius 2 is 1.34 bits per heavy atom. The van der Waals surface area contributed by atoms with E-state index in [0.29, 0.717) is 5.69 Å². The molecule has 7 nitrogen and oxygen atoms in total. The third-order valence-electron chi connectivity index (χ3n) is 6.97. The number of benzene rings is 4. The molecule has 0 aromatic heterocycles. The van der Waals surface area contributed by atoms with Gasteiger partial charge >= 0.3 is 0 Å². The van der Waals surface area contributed by atoms with Crippen LogP contribution >= 0.6 is 31.9 Å². The molecular weight excluding hydrogens is 706 g/mol. The molecule has 0 heterocycles. The van der Waals surface area contributed by atoms with E-state index in [2.05, 4.69) is 37.2 Å². The van der Waals surface area contributed by atoms with Crippen molar-refractivity contribution in [3.05, 3.63) is 129 Å². The van der Waals surface area contributed by atoms with Crippen LogP contribution in [0.5, 0.6) is 0 Å². The third kappa shape index (κ3) is 8.80. The lowest BCUT2D eigenvalue weighted by molar-refractivity contribution is -0.140. The zero-order valence-corrected chi connectivity index (χ0v) is 28.8. The molecule has 0 aliphatic carbocycles. The molecule has 1 atom stereocenters. The number of amides is 2. The van der Waals surface area contributed by atoms with E-state index in [1.165, 1.54) is 17.0 Å². The lowest BCUT2D eigenvalue weighted by Crippen LogP contribution is -2.54. The summed E-state index contributed by atoms with van der Waals surface area (Å²) in [6.07, 6.45) is 0.255. The Morgan fingerprint density at radius 3 is 1.91 bits per heavy atom. The van der Waals surface area contributed by atoms with Gasteiger partial charge in [-0.1, -0.05) is 92.0 Å². The van der Waals surface area contributed by atoms with Gasteiger partial charge < -0.3 is 10.2 Å². The van der Waals surface area contributed by atoms with Crippen molar-refractivity contribution in [2.45, 2.75) is 50.7 Å². The molecule has 1 unspecified atom stereocenters. The van der Waals surface area contributed by atoms with Crippen LogP contribution < -0.4 is 9.62 Å². The molecule has 10 heteroatoms. The number of nitrogens with zero attached hydrogens (tertiary/aromatic N) is 2. The fraction of sp³-hybridized carbons (Fsp3) is 0.235. The van der Waals surface area contributed by atoms with Crippen molar-refractivity contribution in [2.24, 2.45) is 0 Å². The smallest absolute Gasteiger partial charge is 0.264 e. The summed E-state index contributed by atoms with van der Waals surface area (Å²) in [5.74, 6) is -0.822. The standard InChI is InChI=1S/C34H35Br2N3O4S/c1-24(2)37-34(41)32(21-26-7-5-4-6-8-26)38(22-27-11-13-28(35)14-12-27)33(40)23-39(30-17-15-29(36)16-18-30)44(42,43)31-19-9-25(3)10-20-31/h4-20,24,32H,21-23H2,1-3H3,(H,37,41). The zero-order chi connectivity index (χ0) is 31.9. The molecule has 4 rings (SSSR count). The van der Waals surface area contributed by atoms with Crippen molar-refractivity contribution in [3.8, 4) is 0 Å². The second-order valence-electron chi connectivity index (χ2n) is 10.8. The van der Waals surface area contributed by atoms with E-state index < -0.39 is 28.5 Å². The second-order valence-corrected chi connectivity index (χ2v) is 14.5. The molecule has 0 spiro atoms. The minimum absolute atomic E-state index is 0.0664. The normalized spacial score (nSPS) is 12.0. The third-order valence-corrected chi connectivity index (χ3v) is 9.82. The number of carbonyl (C=O) groups excluding carboxylic acids is 2. The van der Waals surface area contributed by atoms with E-state index in [1.54, 1.807) is 36.4 Å². The highest BCUT2D eigenvalue weighted by Crippen LogP contribution is 2.27. The first kappa shape index (κ1) is 33.4. The summed E-state index contributed by atoms with van der Waals surface area (Å²) in [6, 6.07) is 29.2. The van der Waals surface area contributed by atoms with Crippen molar-refractivity contribution < 1.29 is 18.0 Å². The highest BCUT2D eigenvalue weighted by molar-refractivity contribution is 9.10. The maximum atomic E-state index is 14.4. The van der Waals surface area contributed by atoms with Crippen LogP contribution in [-0.2, 0) is 32.6 Å². The highest BCUT2D eigenvalue weighted by Gasteiger charge is 2.34. The Morgan fingerprint density at radius 1 is 0.773 bits per heavy atom. The van der Waals surface area contributed by atoms with E-state index in [0.717, 1.165) is 29.9 Å². The van der Waals surface area contributed by atoms with Gasteiger partial charge in [0.05, 0.1) is 10.6 Å². The fourth-order valence-electron chi connectivity index (χ4n) is 4.69. The molecule has 0 fully saturated rings. The largest absolute Gasteiger partial charge is 0.352 e. The number of halogens is 2. The van der Waals surface area contributed by atoms with Crippen LogP contribution in [-0.4, -0.2) is 43.8 Å². The predicted octanol–water partition coefficient (Wildman–Crippen LogP) is 6.88. The maximum Gasteiger partial charge on any atom is 0.264 e. The number of sulfonamides is 1. The van der Waals surface area contributed by atoms with E-state index in [9.17, 15) is 18.0 Å². The van der Waals surface area contributed by atoms with Gasteiger partial charge in [0.15, 0.2) is 0 Å². The van der Waals surface area contributed by atoms with Crippen molar-refractivity contribution in [3.63, 3.8) is 0 Å². The van der Waals surface area contributed by atoms with Crippen LogP contribution in [0.25, 0.3) is 0 Å². The summed E-state index contributed by atoms with van der Waals surface area (Å²) in [6.45, 7) is 5.20. The van der Waals surface area contributed by atoms with Crippen LogP contribution in [0.3, 0.4) is 0 Å². The van der Waals surface area contributed by atoms with Gasteiger partial charge in [-0.05, 0) is 80.4 Å². The first-order valence-corrected chi connectivity index (χ1v) is 17.2. The van der Waals surface area contributed by atoms with Gasteiger partial charge in [-0.25, -0.2) is 8.42 Å². The Balaban J connectivity index is 1.79. The molecule has 0 aliphatic rings. The van der Waals surface area contributed by atoms with Gasteiger partial charge in [0.1, 0.15) is 12.6 Å². The topological polar surface area (TPSA) is 86.8 Å². The van der Waals surface area contributed by atoms with Crippen LogP contribution in [0.1, 0.15) is 30.5 Å². The number of aryl methyl sites for hydroxylation is 1. The molecule has 2 amide bonds. The van der Waals surface area contributed by atoms with Crippen LogP contribution in [0.2, 0.25) is 0 Å². The minimum Gasteiger partial charge on any atom is -0.352 e. The zero-order valence-electron chi connectivity index (χ0n) is 24.8. The van der Waals surface area contributed by atoms with E-state index in [4.69, 9.17) is 0 Å². The molecule has 0 bridgehead atoms. The Bertz CT molecular complexity index is 1660. The SMILES string of the molecule is Cc1ccc(S(=O)(=O)N(CC(=O)N(Cc2ccc(Br)cc2)C(Cc2ccccc2)C(=O)NC(C)C)c2ccc(Br)cc2)cc1. The maximum absolute atomic E-state index is 14.4. The number of rotatable bonds is 12. The highest BCUT2D eigenvalue weighted by atomic mass is 79.9. The van der Waals surface area contributed by atoms with Crippen LogP contribution in [0, 0.1) is 6.92 Å². The van der Waals surface area contributed by atoms with Crippen LogP contribution in [0.15, 0.2) is 117 Å². The van der Waals surface area contributed by atoms with Crippen molar-refractivity contribution in [1.82, 2.24) is 10.2 Å². The first-order chi connectivity index (χ1) is 20.9. The average Bonchev–Trinajstić information content (AvgIpc) is 2.99. The Labute approximate surface area is 276 Å². The molecule has 4 aromatic carbocycles. The van der Waals surface area contributed by atoms with Gasteiger partial charge in [-0.2, -0.15) is 0 Å². The molecule has 0 aliphatic heterocycles. The summed E-state index contributed by atoms with van der Waals surface area (Å²) in [7, 11) is -4.15. The van der Waals surface area contributed by atoms with Gasteiger partial charge in [-0.3, -0.25) is 13.9 Å². The Kier molecular flexibility index (Phi) is 11.4. The monoisotopic (exact) mass is 739 g/mol. The summed E-state index contributed by atoms with van der Waals surface area (Å²) in [5.41, 5.74) is 2.92. The number of hydrogen-bond donors (Lipinski definition) is 1. The molecule has 230 valence electrons. The summed E-state index contributed by atoms with van der Waals surface area (Å²) in [4.78, 5) is 29.7. The molecule has 0 saturated carbocycles. The molecule has 1 N–H and O–H groups in total. The number of nitrogens with one attached hydrogen (secondary N) is 1. The molecule has 0 radical (unpaired) electrons. The quantitative estimate of drug-likeness (QED) is 0.172. The van der Waals surface area contributed by atoms with Crippen molar-refractivity contribution in [2.75, 3.05) is 10.8 Å². The molecule has 44 heavy (non-hydrogen) atoms. The molecular formula is C34H35Br2N3O4S.